The molecule has 3 amide bonds. The summed E-state index contributed by atoms with van der Waals surface area (Å²) in [5, 5.41) is 5.95. The molecule has 0 bridgehead atoms. The first-order valence-corrected chi connectivity index (χ1v) is 14.1. The summed E-state index contributed by atoms with van der Waals surface area (Å²) in [5.41, 5.74) is 1.56. The number of benzene rings is 2. The minimum absolute atomic E-state index is 0.246. The Kier molecular flexibility index (Phi) is 10.6. The van der Waals surface area contributed by atoms with Crippen LogP contribution in [0.1, 0.15) is 97.0 Å². The Balaban J connectivity index is 2.73. The van der Waals surface area contributed by atoms with Gasteiger partial charge in [-0.2, -0.15) is 0 Å². The van der Waals surface area contributed by atoms with Crippen molar-refractivity contribution >= 4 is 17.9 Å². The Labute approximate surface area is 241 Å². The van der Waals surface area contributed by atoms with Gasteiger partial charge < -0.3 is 20.3 Å². The molecule has 0 aliphatic rings. The fourth-order valence-corrected chi connectivity index (χ4v) is 4.50. The molecule has 0 radical (unpaired) electrons. The second-order valence-electron chi connectivity index (χ2n) is 13.3. The monoisotopic (exact) mass is 551 g/mol. The summed E-state index contributed by atoms with van der Waals surface area (Å²) in [6, 6.07) is 13.6. The number of aryl methyl sites for hydroxylation is 2. The molecule has 2 aromatic carbocycles. The molecule has 0 aliphatic carbocycles. The standard InChI is InChI=1S/C33H49N3O4/c1-12-33(10,11)36(27(28(37)35-31(4,5)6)25-20-22(2)18-19-23(25)3)29(38)26(21-24-16-14-13-15-17-24)34-30(39)40-32(7,8)9/h13-20,26-27H,12,21H2,1-11H3,(H,34,39)(H,35,37). The van der Waals surface area contributed by atoms with Gasteiger partial charge in [-0.25, -0.2) is 4.79 Å². The van der Waals surface area contributed by atoms with Crippen LogP contribution in [0.15, 0.2) is 48.5 Å². The number of carbonyl (C=O) groups excluding carboxylic acids is 3. The molecular formula is C33H49N3O4. The Bertz CT molecular complexity index is 1180. The molecule has 0 aliphatic heterocycles. The highest BCUT2D eigenvalue weighted by Gasteiger charge is 2.44. The predicted molar refractivity (Wildman–Crippen MR) is 161 cm³/mol. The Morgan fingerprint density at radius 2 is 1.50 bits per heavy atom. The molecule has 0 saturated carbocycles. The van der Waals surface area contributed by atoms with Crippen molar-refractivity contribution in [3.05, 3.63) is 70.8 Å². The maximum Gasteiger partial charge on any atom is 0.408 e. The first kappa shape index (κ1) is 32.9. The normalized spacial score (nSPS) is 13.7. The van der Waals surface area contributed by atoms with Gasteiger partial charge in [-0.3, -0.25) is 9.59 Å². The van der Waals surface area contributed by atoms with Gasteiger partial charge in [0.25, 0.3) is 0 Å². The van der Waals surface area contributed by atoms with Crippen molar-refractivity contribution in [1.82, 2.24) is 15.5 Å². The third-order valence-electron chi connectivity index (χ3n) is 6.76. The average molecular weight is 552 g/mol. The second-order valence-corrected chi connectivity index (χ2v) is 13.3. The van der Waals surface area contributed by atoms with E-state index < -0.39 is 34.9 Å². The van der Waals surface area contributed by atoms with Gasteiger partial charge in [0.1, 0.15) is 17.7 Å². The summed E-state index contributed by atoms with van der Waals surface area (Å²) in [6.07, 6.45) is 0.154. The van der Waals surface area contributed by atoms with Crippen LogP contribution >= 0.6 is 0 Å². The third-order valence-corrected chi connectivity index (χ3v) is 6.76. The first-order valence-electron chi connectivity index (χ1n) is 14.1. The van der Waals surface area contributed by atoms with E-state index in [1.165, 1.54) is 0 Å². The van der Waals surface area contributed by atoms with Crippen LogP contribution in [0.2, 0.25) is 0 Å². The molecule has 2 N–H and O–H groups in total. The van der Waals surface area contributed by atoms with Gasteiger partial charge in [-0.15, -0.1) is 0 Å². The summed E-state index contributed by atoms with van der Waals surface area (Å²) < 4.78 is 5.54. The number of hydrogen-bond donors (Lipinski definition) is 2. The van der Waals surface area contributed by atoms with E-state index in [4.69, 9.17) is 4.74 Å². The van der Waals surface area contributed by atoms with E-state index in [1.54, 1.807) is 25.7 Å². The average Bonchev–Trinajstić information content (AvgIpc) is 2.81. The maximum absolute atomic E-state index is 14.7. The van der Waals surface area contributed by atoms with Crippen LogP contribution in [0.4, 0.5) is 4.79 Å². The van der Waals surface area contributed by atoms with Crippen LogP contribution < -0.4 is 10.6 Å². The summed E-state index contributed by atoms with van der Waals surface area (Å²) >= 11 is 0. The Morgan fingerprint density at radius 1 is 0.900 bits per heavy atom. The van der Waals surface area contributed by atoms with Gasteiger partial charge in [0.05, 0.1) is 0 Å². The van der Waals surface area contributed by atoms with E-state index in [-0.39, 0.29) is 18.2 Å². The van der Waals surface area contributed by atoms with Gasteiger partial charge in [0.2, 0.25) is 11.8 Å². The smallest absolute Gasteiger partial charge is 0.408 e. The number of nitrogens with one attached hydrogen (secondary N) is 2. The van der Waals surface area contributed by atoms with E-state index in [0.717, 1.165) is 22.3 Å². The van der Waals surface area contributed by atoms with Gasteiger partial charge >= 0.3 is 6.09 Å². The number of amides is 3. The Morgan fingerprint density at radius 3 is 2.02 bits per heavy atom. The van der Waals surface area contributed by atoms with Gasteiger partial charge in [-0.1, -0.05) is 61.0 Å². The molecule has 40 heavy (non-hydrogen) atoms. The number of alkyl carbamates (subject to hydrolysis) is 1. The number of ether oxygens (including phenoxy) is 1. The summed E-state index contributed by atoms with van der Waals surface area (Å²) in [6.45, 7) is 20.9. The summed E-state index contributed by atoms with van der Waals surface area (Å²) in [5.74, 6) is -0.622. The van der Waals surface area contributed by atoms with E-state index in [1.807, 2.05) is 104 Å². The SMILES string of the molecule is CCC(C)(C)N(C(=O)C(Cc1ccccc1)NC(=O)OC(C)(C)C)C(C(=O)NC(C)(C)C)c1cc(C)ccc1C. The van der Waals surface area contributed by atoms with Crippen molar-refractivity contribution in [1.29, 1.82) is 0 Å². The number of hydrogen-bond acceptors (Lipinski definition) is 4. The van der Waals surface area contributed by atoms with E-state index >= 15 is 0 Å². The fourth-order valence-electron chi connectivity index (χ4n) is 4.50. The molecule has 0 fully saturated rings. The van der Waals surface area contributed by atoms with Crippen molar-refractivity contribution < 1.29 is 19.1 Å². The lowest BCUT2D eigenvalue weighted by Gasteiger charge is -2.45. The summed E-state index contributed by atoms with van der Waals surface area (Å²) in [4.78, 5) is 43.5. The topological polar surface area (TPSA) is 87.7 Å². The highest BCUT2D eigenvalue weighted by Crippen LogP contribution is 2.34. The molecular weight excluding hydrogens is 502 g/mol. The Hall–Kier alpha value is -3.35. The minimum atomic E-state index is -0.960. The van der Waals surface area contributed by atoms with Crippen molar-refractivity contribution in [2.24, 2.45) is 0 Å². The van der Waals surface area contributed by atoms with Crippen LogP contribution in [0.5, 0.6) is 0 Å². The molecule has 0 spiro atoms. The first-order chi connectivity index (χ1) is 18.3. The van der Waals surface area contributed by atoms with E-state index in [9.17, 15) is 14.4 Å². The zero-order chi connectivity index (χ0) is 30.5. The van der Waals surface area contributed by atoms with Crippen molar-refractivity contribution in [2.75, 3.05) is 0 Å². The number of nitrogens with zero attached hydrogens (tertiary/aromatic N) is 1. The molecule has 0 aromatic heterocycles. The van der Waals surface area contributed by atoms with Crippen molar-refractivity contribution in [2.45, 2.75) is 118 Å². The fraction of sp³-hybridized carbons (Fsp3) is 0.545. The van der Waals surface area contributed by atoms with Crippen LogP contribution in [0, 0.1) is 13.8 Å². The molecule has 2 rings (SSSR count). The lowest BCUT2D eigenvalue weighted by molar-refractivity contribution is -0.149. The number of rotatable bonds is 9. The minimum Gasteiger partial charge on any atom is -0.444 e. The van der Waals surface area contributed by atoms with Crippen LogP contribution in [-0.2, 0) is 20.7 Å². The molecule has 2 atom stereocenters. The quantitative estimate of drug-likeness (QED) is 0.377. The molecule has 2 aromatic rings. The zero-order valence-corrected chi connectivity index (χ0v) is 26.3. The molecule has 220 valence electrons. The van der Waals surface area contributed by atoms with Crippen LogP contribution in [-0.4, -0.2) is 45.5 Å². The van der Waals surface area contributed by atoms with Crippen LogP contribution in [0.25, 0.3) is 0 Å². The predicted octanol–water partition coefficient (Wildman–Crippen LogP) is 6.41. The largest absolute Gasteiger partial charge is 0.444 e. The van der Waals surface area contributed by atoms with E-state index in [2.05, 4.69) is 10.6 Å². The van der Waals surface area contributed by atoms with Crippen molar-refractivity contribution in [3.8, 4) is 0 Å². The third kappa shape index (κ3) is 9.39. The van der Waals surface area contributed by atoms with Crippen molar-refractivity contribution in [3.63, 3.8) is 0 Å². The van der Waals surface area contributed by atoms with Gasteiger partial charge in [0.15, 0.2) is 0 Å². The lowest BCUT2D eigenvalue weighted by Crippen LogP contribution is -2.60. The van der Waals surface area contributed by atoms with Crippen LogP contribution in [0.3, 0.4) is 0 Å². The lowest BCUT2D eigenvalue weighted by atomic mass is 9.88. The second kappa shape index (κ2) is 12.9. The number of carbonyl (C=O) groups is 3. The molecule has 2 unspecified atom stereocenters. The molecule has 0 saturated heterocycles. The maximum atomic E-state index is 14.7. The molecule has 0 heterocycles. The van der Waals surface area contributed by atoms with Gasteiger partial charge in [-0.05, 0) is 92.3 Å². The highest BCUT2D eigenvalue weighted by atomic mass is 16.6. The summed E-state index contributed by atoms with van der Waals surface area (Å²) in [7, 11) is 0. The highest BCUT2D eigenvalue weighted by molar-refractivity contribution is 5.93. The van der Waals surface area contributed by atoms with Gasteiger partial charge in [0, 0.05) is 17.5 Å². The zero-order valence-electron chi connectivity index (χ0n) is 26.3. The molecule has 7 heteroatoms. The van der Waals surface area contributed by atoms with E-state index in [0.29, 0.717) is 6.42 Å². The molecule has 7 nitrogen and oxygen atoms in total.